The maximum absolute atomic E-state index is 11.9. The number of carboxylic acids is 1. The predicted octanol–water partition coefficient (Wildman–Crippen LogP) is 0.205. The first-order valence-corrected chi connectivity index (χ1v) is 6.19. The van der Waals surface area contributed by atoms with Gasteiger partial charge in [-0.1, -0.05) is 0 Å². The van der Waals surface area contributed by atoms with Gasteiger partial charge in [0.25, 0.3) is 5.91 Å². The zero-order chi connectivity index (χ0) is 14.5. The van der Waals surface area contributed by atoms with Crippen molar-refractivity contribution in [2.24, 2.45) is 0 Å². The van der Waals surface area contributed by atoms with E-state index in [0.717, 1.165) is 0 Å². The molecule has 1 heterocycles. The second kappa shape index (κ2) is 6.25. The number of morpholine rings is 1. The Morgan fingerprint density at radius 2 is 2.05 bits per heavy atom. The molecule has 0 spiro atoms. The van der Waals surface area contributed by atoms with Crippen LogP contribution in [-0.2, 0) is 9.53 Å². The van der Waals surface area contributed by atoms with Crippen LogP contribution in [0.15, 0.2) is 18.2 Å². The molecule has 20 heavy (non-hydrogen) atoms. The predicted molar refractivity (Wildman–Crippen MR) is 70.7 cm³/mol. The quantitative estimate of drug-likeness (QED) is 0.764. The van der Waals surface area contributed by atoms with E-state index in [-0.39, 0.29) is 23.8 Å². The number of carbonyl (C=O) groups excluding carboxylic acids is 1. The first-order chi connectivity index (χ1) is 9.58. The van der Waals surface area contributed by atoms with E-state index < -0.39 is 5.97 Å². The van der Waals surface area contributed by atoms with E-state index in [1.165, 1.54) is 18.2 Å². The third kappa shape index (κ3) is 3.39. The van der Waals surface area contributed by atoms with Crippen molar-refractivity contribution in [1.82, 2.24) is 4.90 Å². The molecule has 0 unspecified atom stereocenters. The van der Waals surface area contributed by atoms with E-state index in [4.69, 9.17) is 20.3 Å². The van der Waals surface area contributed by atoms with E-state index in [1.807, 2.05) is 0 Å². The molecule has 0 radical (unpaired) electrons. The summed E-state index contributed by atoms with van der Waals surface area (Å²) in [7, 11) is 0. The Labute approximate surface area is 115 Å². The Morgan fingerprint density at radius 1 is 1.35 bits per heavy atom. The van der Waals surface area contributed by atoms with Crippen molar-refractivity contribution >= 4 is 17.6 Å². The van der Waals surface area contributed by atoms with Crippen molar-refractivity contribution in [3.8, 4) is 5.75 Å². The zero-order valence-electron chi connectivity index (χ0n) is 10.9. The number of hydrogen-bond acceptors (Lipinski definition) is 5. The van der Waals surface area contributed by atoms with Gasteiger partial charge in [-0.3, -0.25) is 4.79 Å². The van der Waals surface area contributed by atoms with Crippen molar-refractivity contribution in [2.75, 3.05) is 38.6 Å². The van der Waals surface area contributed by atoms with E-state index in [2.05, 4.69) is 0 Å². The summed E-state index contributed by atoms with van der Waals surface area (Å²) < 4.78 is 10.5. The molecule has 1 aromatic rings. The number of hydrogen-bond donors (Lipinski definition) is 2. The lowest BCUT2D eigenvalue weighted by Crippen LogP contribution is -2.43. The summed E-state index contributed by atoms with van der Waals surface area (Å²) in [6.45, 7) is 1.86. The van der Waals surface area contributed by atoms with Gasteiger partial charge in [-0.2, -0.15) is 0 Å². The maximum atomic E-state index is 11.9. The molecule has 7 nitrogen and oxygen atoms in total. The normalized spacial score (nSPS) is 14.9. The average Bonchev–Trinajstić information content (AvgIpc) is 2.46. The maximum Gasteiger partial charge on any atom is 0.339 e. The molecule has 1 aromatic carbocycles. The summed E-state index contributed by atoms with van der Waals surface area (Å²) in [6, 6.07) is 4.28. The van der Waals surface area contributed by atoms with E-state index >= 15 is 0 Å². The van der Waals surface area contributed by atoms with Crippen molar-refractivity contribution in [3.63, 3.8) is 0 Å². The summed E-state index contributed by atoms with van der Waals surface area (Å²) in [6.07, 6.45) is 0. The van der Waals surface area contributed by atoms with Crippen LogP contribution in [0.3, 0.4) is 0 Å². The minimum Gasteiger partial charge on any atom is -0.483 e. The molecule has 1 aliphatic heterocycles. The number of nitrogens with two attached hydrogens (primary N) is 1. The minimum absolute atomic E-state index is 0.0558. The van der Waals surface area contributed by atoms with Gasteiger partial charge in [-0.05, 0) is 18.2 Å². The van der Waals surface area contributed by atoms with Gasteiger partial charge in [-0.25, -0.2) is 4.79 Å². The number of carboxylic acid groups (broad SMARTS) is 1. The first-order valence-electron chi connectivity index (χ1n) is 6.19. The van der Waals surface area contributed by atoms with Crippen molar-refractivity contribution in [3.05, 3.63) is 23.8 Å². The summed E-state index contributed by atoms with van der Waals surface area (Å²) in [5, 5.41) is 9.06. The topological polar surface area (TPSA) is 102 Å². The van der Waals surface area contributed by atoms with Gasteiger partial charge in [0.1, 0.15) is 11.3 Å². The van der Waals surface area contributed by atoms with Gasteiger partial charge in [0.15, 0.2) is 6.61 Å². The van der Waals surface area contributed by atoms with Gasteiger partial charge in [0.2, 0.25) is 0 Å². The molecule has 7 heteroatoms. The van der Waals surface area contributed by atoms with E-state index in [0.29, 0.717) is 32.0 Å². The number of amides is 1. The molecule has 0 aliphatic carbocycles. The van der Waals surface area contributed by atoms with Crippen molar-refractivity contribution in [2.45, 2.75) is 0 Å². The van der Waals surface area contributed by atoms with Crippen LogP contribution in [0.1, 0.15) is 10.4 Å². The number of rotatable bonds is 4. The lowest BCUT2D eigenvalue weighted by molar-refractivity contribution is -0.137. The fourth-order valence-corrected chi connectivity index (χ4v) is 1.88. The molecular weight excluding hydrogens is 264 g/mol. The van der Waals surface area contributed by atoms with Gasteiger partial charge in [0.05, 0.1) is 13.2 Å². The first kappa shape index (κ1) is 14.1. The Kier molecular flexibility index (Phi) is 4.41. The van der Waals surface area contributed by atoms with Crippen molar-refractivity contribution < 1.29 is 24.2 Å². The third-order valence-electron chi connectivity index (χ3n) is 2.95. The van der Waals surface area contributed by atoms with Gasteiger partial charge in [0, 0.05) is 18.8 Å². The second-order valence-corrected chi connectivity index (χ2v) is 4.34. The highest BCUT2D eigenvalue weighted by atomic mass is 16.5. The lowest BCUT2D eigenvalue weighted by atomic mass is 10.2. The molecule has 2 rings (SSSR count). The number of anilines is 1. The monoisotopic (exact) mass is 280 g/mol. The molecule has 0 saturated carbocycles. The van der Waals surface area contributed by atoms with Crippen LogP contribution in [-0.4, -0.2) is 54.8 Å². The molecule has 1 fully saturated rings. The van der Waals surface area contributed by atoms with E-state index in [9.17, 15) is 9.59 Å². The Balaban J connectivity index is 1.99. The highest BCUT2D eigenvalue weighted by molar-refractivity contribution is 5.92. The fourth-order valence-electron chi connectivity index (χ4n) is 1.88. The average molecular weight is 280 g/mol. The Morgan fingerprint density at radius 3 is 2.70 bits per heavy atom. The SMILES string of the molecule is Nc1ccc(OCC(=O)N2CCOCC2)c(C(=O)O)c1. The number of nitrogen functional groups attached to an aromatic ring is 1. The number of aromatic carboxylic acids is 1. The summed E-state index contributed by atoms with van der Waals surface area (Å²) in [5.74, 6) is -1.21. The second-order valence-electron chi connectivity index (χ2n) is 4.34. The lowest BCUT2D eigenvalue weighted by Gasteiger charge is -2.26. The number of benzene rings is 1. The zero-order valence-corrected chi connectivity index (χ0v) is 10.9. The molecule has 1 amide bonds. The largest absolute Gasteiger partial charge is 0.483 e. The molecule has 3 N–H and O–H groups in total. The molecule has 1 aliphatic rings. The third-order valence-corrected chi connectivity index (χ3v) is 2.95. The number of carbonyl (C=O) groups is 2. The highest BCUT2D eigenvalue weighted by Gasteiger charge is 2.18. The smallest absolute Gasteiger partial charge is 0.339 e. The molecule has 108 valence electrons. The summed E-state index contributed by atoms with van der Waals surface area (Å²) >= 11 is 0. The standard InChI is InChI=1S/C13H16N2O5/c14-9-1-2-11(10(7-9)13(17)18)20-8-12(16)15-3-5-19-6-4-15/h1-2,7H,3-6,8,14H2,(H,17,18). The van der Waals surface area contributed by atoms with Crippen LogP contribution < -0.4 is 10.5 Å². The highest BCUT2D eigenvalue weighted by Crippen LogP contribution is 2.21. The van der Waals surface area contributed by atoms with Crippen LogP contribution in [0.25, 0.3) is 0 Å². The number of nitrogens with zero attached hydrogens (tertiary/aromatic N) is 1. The van der Waals surface area contributed by atoms with Gasteiger partial charge in [-0.15, -0.1) is 0 Å². The summed E-state index contributed by atoms with van der Waals surface area (Å²) in [4.78, 5) is 24.6. The minimum atomic E-state index is -1.15. The van der Waals surface area contributed by atoms with Crippen LogP contribution in [0, 0.1) is 0 Å². The molecule has 1 saturated heterocycles. The van der Waals surface area contributed by atoms with E-state index in [1.54, 1.807) is 4.90 Å². The van der Waals surface area contributed by atoms with Crippen LogP contribution in [0.2, 0.25) is 0 Å². The number of ether oxygens (including phenoxy) is 2. The Bertz CT molecular complexity index is 511. The molecule has 0 aromatic heterocycles. The van der Waals surface area contributed by atoms with Gasteiger partial charge >= 0.3 is 5.97 Å². The van der Waals surface area contributed by atoms with Crippen LogP contribution >= 0.6 is 0 Å². The summed E-state index contributed by atoms with van der Waals surface area (Å²) in [5.41, 5.74) is 5.80. The molecular formula is C13H16N2O5. The fraction of sp³-hybridized carbons (Fsp3) is 0.385. The molecule has 0 atom stereocenters. The van der Waals surface area contributed by atoms with Crippen LogP contribution in [0.4, 0.5) is 5.69 Å². The van der Waals surface area contributed by atoms with Gasteiger partial charge < -0.3 is 25.2 Å². The Hall–Kier alpha value is -2.28. The van der Waals surface area contributed by atoms with Crippen LogP contribution in [0.5, 0.6) is 5.75 Å². The molecule has 0 bridgehead atoms. The van der Waals surface area contributed by atoms with Crippen molar-refractivity contribution in [1.29, 1.82) is 0 Å².